The highest BCUT2D eigenvalue weighted by Crippen LogP contribution is 2.32. The number of hydrogen-bond acceptors (Lipinski definition) is 8. The standard InChI is InChI=1S/C16H25N5O4/c1-2-3-4-5-6-10-19-14(17)11-15(20-10)21(8-18-11)16-13(24)12(23)9(7-22)25-16/h8-9,12-13,16,22-24H,2-7H2,1H3,(H2,17,19,20)/t9-,12-,13-,16?/m0/s1. The van der Waals surface area contributed by atoms with E-state index in [0.717, 1.165) is 25.7 Å². The normalized spacial score (nSPS) is 26.6. The summed E-state index contributed by atoms with van der Waals surface area (Å²) in [5.41, 5.74) is 6.87. The molecule has 2 aromatic heterocycles. The fourth-order valence-electron chi connectivity index (χ4n) is 3.10. The minimum atomic E-state index is -1.20. The van der Waals surface area contributed by atoms with Gasteiger partial charge in [-0.05, 0) is 6.42 Å². The lowest BCUT2D eigenvalue weighted by Crippen LogP contribution is -2.33. The molecule has 0 aliphatic carbocycles. The fourth-order valence-corrected chi connectivity index (χ4v) is 3.10. The van der Waals surface area contributed by atoms with Crippen LogP contribution < -0.4 is 5.73 Å². The minimum absolute atomic E-state index is 0.279. The highest BCUT2D eigenvalue weighted by Gasteiger charge is 2.44. The van der Waals surface area contributed by atoms with Gasteiger partial charge in [0.2, 0.25) is 0 Å². The molecule has 0 aromatic carbocycles. The van der Waals surface area contributed by atoms with Crippen molar-refractivity contribution >= 4 is 17.0 Å². The Kier molecular flexibility index (Phi) is 5.48. The molecule has 4 atom stereocenters. The van der Waals surface area contributed by atoms with Gasteiger partial charge in [0.1, 0.15) is 29.7 Å². The van der Waals surface area contributed by atoms with Gasteiger partial charge in [0.15, 0.2) is 17.7 Å². The Bertz CT molecular complexity index is 722. The van der Waals surface area contributed by atoms with Gasteiger partial charge in [-0.1, -0.05) is 26.2 Å². The van der Waals surface area contributed by atoms with Crippen molar-refractivity contribution in [3.05, 3.63) is 12.2 Å². The maximum atomic E-state index is 10.2. The molecule has 0 bridgehead atoms. The zero-order valence-corrected chi connectivity index (χ0v) is 14.2. The molecular weight excluding hydrogens is 326 g/mol. The lowest BCUT2D eigenvalue weighted by molar-refractivity contribution is -0.0511. The SMILES string of the molecule is CCCCCCc1nc(N)c2ncn(C3O[C@@H](CO)[C@H](O)[C@@H]3O)c2n1. The van der Waals surface area contributed by atoms with E-state index in [1.54, 1.807) is 0 Å². The maximum Gasteiger partial charge on any atom is 0.167 e. The third kappa shape index (κ3) is 3.45. The second-order valence-corrected chi connectivity index (χ2v) is 6.39. The van der Waals surface area contributed by atoms with Crippen LogP contribution in [-0.2, 0) is 11.2 Å². The number of aliphatic hydroxyl groups excluding tert-OH is 3. The number of nitrogen functional groups attached to an aromatic ring is 1. The zero-order chi connectivity index (χ0) is 18.0. The van der Waals surface area contributed by atoms with E-state index in [0.29, 0.717) is 23.4 Å². The molecule has 3 rings (SSSR count). The number of aryl methyl sites for hydroxylation is 1. The number of anilines is 1. The van der Waals surface area contributed by atoms with Crippen molar-refractivity contribution in [3.63, 3.8) is 0 Å². The van der Waals surface area contributed by atoms with Crippen LogP contribution in [0.2, 0.25) is 0 Å². The van der Waals surface area contributed by atoms with Crippen LogP contribution in [0.25, 0.3) is 11.2 Å². The van der Waals surface area contributed by atoms with Crippen LogP contribution in [0.15, 0.2) is 6.33 Å². The summed E-state index contributed by atoms with van der Waals surface area (Å²) in [6, 6.07) is 0. The van der Waals surface area contributed by atoms with Crippen LogP contribution in [0.4, 0.5) is 5.82 Å². The minimum Gasteiger partial charge on any atom is -0.394 e. The van der Waals surface area contributed by atoms with Crippen molar-refractivity contribution in [1.82, 2.24) is 19.5 Å². The van der Waals surface area contributed by atoms with E-state index in [9.17, 15) is 15.3 Å². The highest BCUT2D eigenvalue weighted by atomic mass is 16.6. The van der Waals surface area contributed by atoms with Gasteiger partial charge in [0.05, 0.1) is 12.9 Å². The number of nitrogens with two attached hydrogens (primary N) is 1. The molecule has 9 heteroatoms. The van der Waals surface area contributed by atoms with Crippen LogP contribution in [0.5, 0.6) is 0 Å². The number of nitrogens with zero attached hydrogens (tertiary/aromatic N) is 4. The second kappa shape index (κ2) is 7.61. The molecule has 1 saturated heterocycles. The van der Waals surface area contributed by atoms with Gasteiger partial charge in [-0.15, -0.1) is 0 Å². The Morgan fingerprint density at radius 1 is 1.20 bits per heavy atom. The molecule has 0 amide bonds. The molecule has 0 saturated carbocycles. The quantitative estimate of drug-likeness (QED) is 0.517. The smallest absolute Gasteiger partial charge is 0.167 e. The van der Waals surface area contributed by atoms with Crippen molar-refractivity contribution in [3.8, 4) is 0 Å². The van der Waals surface area contributed by atoms with Gasteiger partial charge in [-0.3, -0.25) is 4.57 Å². The first kappa shape index (κ1) is 18.0. The number of hydrogen-bond donors (Lipinski definition) is 4. The number of aromatic nitrogens is 4. The molecule has 1 fully saturated rings. The van der Waals surface area contributed by atoms with Crippen LogP contribution >= 0.6 is 0 Å². The number of unbranched alkanes of at least 4 members (excludes halogenated alkanes) is 3. The number of aliphatic hydroxyl groups is 3. The van der Waals surface area contributed by atoms with Crippen LogP contribution in [0.1, 0.15) is 44.7 Å². The summed E-state index contributed by atoms with van der Waals surface area (Å²) >= 11 is 0. The van der Waals surface area contributed by atoms with Crippen molar-refractivity contribution in [2.75, 3.05) is 12.3 Å². The molecule has 0 radical (unpaired) electrons. The average Bonchev–Trinajstić information content (AvgIpc) is 3.14. The lowest BCUT2D eigenvalue weighted by Gasteiger charge is -2.16. The van der Waals surface area contributed by atoms with E-state index >= 15 is 0 Å². The van der Waals surface area contributed by atoms with Gasteiger partial charge in [0.25, 0.3) is 0 Å². The predicted molar refractivity (Wildman–Crippen MR) is 90.6 cm³/mol. The fraction of sp³-hybridized carbons (Fsp3) is 0.688. The topological polar surface area (TPSA) is 140 Å². The highest BCUT2D eigenvalue weighted by molar-refractivity contribution is 5.81. The van der Waals surface area contributed by atoms with E-state index < -0.39 is 24.5 Å². The first-order chi connectivity index (χ1) is 12.1. The van der Waals surface area contributed by atoms with Crippen molar-refractivity contribution in [2.24, 2.45) is 0 Å². The lowest BCUT2D eigenvalue weighted by atomic mass is 10.1. The van der Waals surface area contributed by atoms with Gasteiger partial charge < -0.3 is 25.8 Å². The van der Waals surface area contributed by atoms with Crippen LogP contribution in [0.3, 0.4) is 0 Å². The second-order valence-electron chi connectivity index (χ2n) is 6.39. The number of fused-ring (bicyclic) bond motifs is 1. The Morgan fingerprint density at radius 3 is 2.68 bits per heavy atom. The molecule has 2 aromatic rings. The van der Waals surface area contributed by atoms with Gasteiger partial charge >= 0.3 is 0 Å². The van der Waals surface area contributed by atoms with Crippen molar-refractivity contribution < 1.29 is 20.1 Å². The Labute approximate surface area is 145 Å². The summed E-state index contributed by atoms with van der Waals surface area (Å²) in [4.78, 5) is 13.0. The average molecular weight is 351 g/mol. The first-order valence-electron chi connectivity index (χ1n) is 8.68. The molecular formula is C16H25N5O4. The molecule has 9 nitrogen and oxygen atoms in total. The molecule has 1 unspecified atom stereocenters. The number of ether oxygens (including phenoxy) is 1. The van der Waals surface area contributed by atoms with Crippen LogP contribution in [0, 0.1) is 0 Å². The van der Waals surface area contributed by atoms with E-state index in [1.165, 1.54) is 10.9 Å². The summed E-state index contributed by atoms with van der Waals surface area (Å²) in [5, 5.41) is 29.4. The Morgan fingerprint density at radius 2 is 2.00 bits per heavy atom. The number of imidazole rings is 1. The molecule has 3 heterocycles. The molecule has 1 aliphatic rings. The molecule has 1 aliphatic heterocycles. The number of rotatable bonds is 7. The summed E-state index contributed by atoms with van der Waals surface area (Å²) in [5.74, 6) is 0.899. The van der Waals surface area contributed by atoms with E-state index in [1.807, 2.05) is 0 Å². The largest absolute Gasteiger partial charge is 0.394 e. The molecule has 0 spiro atoms. The Balaban J connectivity index is 1.88. The third-order valence-corrected chi connectivity index (χ3v) is 4.54. The van der Waals surface area contributed by atoms with Gasteiger partial charge in [-0.2, -0.15) is 0 Å². The molecule has 5 N–H and O–H groups in total. The summed E-state index contributed by atoms with van der Waals surface area (Å²) in [6.45, 7) is 1.77. The summed E-state index contributed by atoms with van der Waals surface area (Å²) in [6.07, 6.45) is 2.44. The summed E-state index contributed by atoms with van der Waals surface area (Å²) < 4.78 is 7.09. The van der Waals surface area contributed by atoms with Gasteiger partial charge in [0, 0.05) is 6.42 Å². The van der Waals surface area contributed by atoms with E-state index in [-0.39, 0.29) is 12.4 Å². The first-order valence-corrected chi connectivity index (χ1v) is 8.68. The summed E-state index contributed by atoms with van der Waals surface area (Å²) in [7, 11) is 0. The maximum absolute atomic E-state index is 10.2. The molecule has 25 heavy (non-hydrogen) atoms. The van der Waals surface area contributed by atoms with Crippen LogP contribution in [-0.4, -0.2) is 59.8 Å². The van der Waals surface area contributed by atoms with Crippen molar-refractivity contribution in [2.45, 2.75) is 63.6 Å². The van der Waals surface area contributed by atoms with E-state index in [2.05, 4.69) is 21.9 Å². The molecule has 138 valence electrons. The monoisotopic (exact) mass is 351 g/mol. The zero-order valence-electron chi connectivity index (χ0n) is 14.2. The third-order valence-electron chi connectivity index (χ3n) is 4.54. The van der Waals surface area contributed by atoms with Gasteiger partial charge in [-0.25, -0.2) is 15.0 Å². The van der Waals surface area contributed by atoms with Crippen molar-refractivity contribution in [1.29, 1.82) is 0 Å². The Hall–Kier alpha value is -1.81. The van der Waals surface area contributed by atoms with E-state index in [4.69, 9.17) is 10.5 Å². The predicted octanol–water partition coefficient (Wildman–Crippen LogP) is 0.143.